The maximum atomic E-state index is 11.9. The molecule has 120 valence electrons. The highest BCUT2D eigenvalue weighted by Crippen LogP contribution is 2.14. The van der Waals surface area contributed by atoms with Crippen LogP contribution in [-0.2, 0) is 21.4 Å². The second-order valence-electron chi connectivity index (χ2n) is 4.58. The summed E-state index contributed by atoms with van der Waals surface area (Å²) in [6, 6.07) is 8.53. The number of hydrogen-bond acceptors (Lipinski definition) is 6. The molecule has 3 aromatic heterocycles. The summed E-state index contributed by atoms with van der Waals surface area (Å²) in [5.41, 5.74) is 1.42. The number of pyridine rings is 1. The summed E-state index contributed by atoms with van der Waals surface area (Å²) in [5, 5.41) is 8.37. The lowest BCUT2D eigenvalue weighted by Gasteiger charge is -2.08. The van der Waals surface area contributed by atoms with Crippen molar-refractivity contribution >= 4 is 32.9 Å². The van der Waals surface area contributed by atoms with E-state index in [0.717, 1.165) is 17.0 Å². The molecule has 0 spiro atoms. The SMILES string of the molecule is O=C(CNS(=O)(=O)c1cccs1)NCc1cccc2ncnn12. The molecule has 3 rings (SSSR count). The molecule has 0 saturated heterocycles. The Morgan fingerprint density at radius 2 is 2.13 bits per heavy atom. The fourth-order valence-electron chi connectivity index (χ4n) is 1.93. The Labute approximate surface area is 136 Å². The van der Waals surface area contributed by atoms with Gasteiger partial charge in [-0.3, -0.25) is 4.79 Å². The van der Waals surface area contributed by atoms with Gasteiger partial charge in [0.15, 0.2) is 5.65 Å². The molecule has 0 aliphatic heterocycles. The molecule has 0 aliphatic rings. The van der Waals surface area contributed by atoms with Crippen LogP contribution in [0.1, 0.15) is 5.69 Å². The van der Waals surface area contributed by atoms with Gasteiger partial charge in [-0.2, -0.15) is 5.10 Å². The summed E-state index contributed by atoms with van der Waals surface area (Å²) in [6.07, 6.45) is 1.43. The summed E-state index contributed by atoms with van der Waals surface area (Å²) in [6.45, 7) is -0.103. The average molecular weight is 351 g/mol. The fraction of sp³-hybridized carbons (Fsp3) is 0.154. The molecule has 0 unspecified atom stereocenters. The van der Waals surface area contributed by atoms with Crippen LogP contribution in [0.2, 0.25) is 0 Å². The van der Waals surface area contributed by atoms with E-state index in [1.54, 1.807) is 28.1 Å². The maximum absolute atomic E-state index is 11.9. The molecule has 0 aliphatic carbocycles. The van der Waals surface area contributed by atoms with Crippen molar-refractivity contribution in [3.8, 4) is 0 Å². The van der Waals surface area contributed by atoms with Gasteiger partial charge in [-0.25, -0.2) is 22.6 Å². The monoisotopic (exact) mass is 351 g/mol. The van der Waals surface area contributed by atoms with E-state index in [1.165, 1.54) is 12.4 Å². The Kier molecular flexibility index (Phi) is 4.37. The first kappa shape index (κ1) is 15.6. The van der Waals surface area contributed by atoms with Gasteiger partial charge < -0.3 is 5.32 Å². The van der Waals surface area contributed by atoms with E-state index in [-0.39, 0.29) is 17.3 Å². The predicted octanol–water partition coefficient (Wildman–Crippen LogP) is 0.385. The standard InChI is InChI=1S/C13H13N5O3S2/c19-12(8-17-23(20,21)13-5-2-6-22-13)14-7-10-3-1-4-11-15-9-16-18(10)11/h1-6,9,17H,7-8H2,(H,14,19). The van der Waals surface area contributed by atoms with Crippen LogP contribution in [0.5, 0.6) is 0 Å². The topological polar surface area (TPSA) is 105 Å². The van der Waals surface area contributed by atoms with Crippen molar-refractivity contribution in [1.82, 2.24) is 24.6 Å². The second-order valence-corrected chi connectivity index (χ2v) is 7.52. The number of amides is 1. The number of carbonyl (C=O) groups excluding carboxylic acids is 1. The minimum atomic E-state index is -3.64. The zero-order valence-corrected chi connectivity index (χ0v) is 13.5. The highest BCUT2D eigenvalue weighted by Gasteiger charge is 2.16. The van der Waals surface area contributed by atoms with Crippen LogP contribution in [0.4, 0.5) is 0 Å². The number of aromatic nitrogens is 3. The Morgan fingerprint density at radius 3 is 2.91 bits per heavy atom. The van der Waals surface area contributed by atoms with Crippen LogP contribution >= 0.6 is 11.3 Å². The van der Waals surface area contributed by atoms with Gasteiger partial charge in [0.25, 0.3) is 10.0 Å². The first-order chi connectivity index (χ1) is 11.1. The number of carbonyl (C=O) groups is 1. The average Bonchev–Trinajstić information content (AvgIpc) is 3.21. The van der Waals surface area contributed by atoms with Crippen LogP contribution in [0, 0.1) is 0 Å². The van der Waals surface area contributed by atoms with E-state index in [4.69, 9.17) is 0 Å². The molecule has 3 heterocycles. The molecule has 0 fully saturated rings. The molecule has 2 N–H and O–H groups in total. The number of thiophene rings is 1. The molecule has 0 atom stereocenters. The Morgan fingerprint density at radius 1 is 1.26 bits per heavy atom. The first-order valence-electron chi connectivity index (χ1n) is 6.64. The normalized spacial score (nSPS) is 11.7. The van der Waals surface area contributed by atoms with Crippen molar-refractivity contribution < 1.29 is 13.2 Å². The molecular weight excluding hydrogens is 338 g/mol. The highest BCUT2D eigenvalue weighted by atomic mass is 32.2. The van der Waals surface area contributed by atoms with Gasteiger partial charge in [0.2, 0.25) is 5.91 Å². The van der Waals surface area contributed by atoms with Crippen LogP contribution in [-0.4, -0.2) is 35.5 Å². The number of nitrogens with zero attached hydrogens (tertiary/aromatic N) is 3. The van der Waals surface area contributed by atoms with E-state index in [1.807, 2.05) is 6.07 Å². The summed E-state index contributed by atoms with van der Waals surface area (Å²) < 4.78 is 27.9. The lowest BCUT2D eigenvalue weighted by molar-refractivity contribution is -0.120. The van der Waals surface area contributed by atoms with E-state index in [9.17, 15) is 13.2 Å². The Hall–Kier alpha value is -2.30. The molecule has 0 saturated carbocycles. The number of hydrogen-bond donors (Lipinski definition) is 2. The van der Waals surface area contributed by atoms with Gasteiger partial charge in [-0.05, 0) is 23.6 Å². The minimum Gasteiger partial charge on any atom is -0.349 e. The highest BCUT2D eigenvalue weighted by molar-refractivity contribution is 7.91. The smallest absolute Gasteiger partial charge is 0.250 e. The van der Waals surface area contributed by atoms with E-state index in [2.05, 4.69) is 20.1 Å². The lowest BCUT2D eigenvalue weighted by Crippen LogP contribution is -2.36. The van der Waals surface area contributed by atoms with Crippen molar-refractivity contribution in [2.24, 2.45) is 0 Å². The minimum absolute atomic E-state index is 0.178. The van der Waals surface area contributed by atoms with Crippen LogP contribution in [0.25, 0.3) is 5.65 Å². The van der Waals surface area contributed by atoms with Crippen LogP contribution in [0.3, 0.4) is 0 Å². The van der Waals surface area contributed by atoms with Crippen molar-refractivity contribution in [2.45, 2.75) is 10.8 Å². The zero-order chi connectivity index (χ0) is 16.3. The van der Waals surface area contributed by atoms with Crippen molar-refractivity contribution in [2.75, 3.05) is 6.54 Å². The first-order valence-corrected chi connectivity index (χ1v) is 9.00. The maximum Gasteiger partial charge on any atom is 0.250 e. The zero-order valence-electron chi connectivity index (χ0n) is 11.8. The Bertz CT molecular complexity index is 918. The summed E-state index contributed by atoms with van der Waals surface area (Å²) in [7, 11) is -3.64. The third-order valence-corrected chi connectivity index (χ3v) is 5.83. The van der Waals surface area contributed by atoms with Gasteiger partial charge in [0.05, 0.1) is 18.8 Å². The van der Waals surface area contributed by atoms with E-state index in [0.29, 0.717) is 5.65 Å². The molecule has 0 aromatic carbocycles. The lowest BCUT2D eigenvalue weighted by atomic mass is 10.3. The molecule has 10 heteroatoms. The fourth-order valence-corrected chi connectivity index (χ4v) is 3.95. The Balaban J connectivity index is 1.57. The number of rotatable bonds is 6. The predicted molar refractivity (Wildman–Crippen MR) is 84.3 cm³/mol. The van der Waals surface area contributed by atoms with E-state index >= 15 is 0 Å². The van der Waals surface area contributed by atoms with Gasteiger partial charge in [-0.15, -0.1) is 11.3 Å². The molecule has 0 radical (unpaired) electrons. The summed E-state index contributed by atoms with van der Waals surface area (Å²) in [5.74, 6) is -0.428. The third-order valence-electron chi connectivity index (χ3n) is 3.03. The molecule has 0 bridgehead atoms. The van der Waals surface area contributed by atoms with Gasteiger partial charge >= 0.3 is 0 Å². The second kappa shape index (κ2) is 6.44. The molecule has 23 heavy (non-hydrogen) atoms. The molecule has 3 aromatic rings. The third kappa shape index (κ3) is 3.55. The molecular formula is C13H13N5O3S2. The summed E-state index contributed by atoms with van der Waals surface area (Å²) >= 11 is 1.09. The van der Waals surface area contributed by atoms with Crippen molar-refractivity contribution in [3.63, 3.8) is 0 Å². The molecule has 1 amide bonds. The molecule has 8 nitrogen and oxygen atoms in total. The van der Waals surface area contributed by atoms with Crippen LogP contribution in [0.15, 0.2) is 46.2 Å². The van der Waals surface area contributed by atoms with Crippen LogP contribution < -0.4 is 10.0 Å². The number of nitrogens with one attached hydrogen (secondary N) is 2. The quantitative estimate of drug-likeness (QED) is 0.668. The number of sulfonamides is 1. The van der Waals surface area contributed by atoms with Crippen molar-refractivity contribution in [3.05, 3.63) is 47.7 Å². The van der Waals surface area contributed by atoms with Gasteiger partial charge in [-0.1, -0.05) is 12.1 Å². The van der Waals surface area contributed by atoms with Crippen molar-refractivity contribution in [1.29, 1.82) is 0 Å². The number of fused-ring (bicyclic) bond motifs is 1. The van der Waals surface area contributed by atoms with Gasteiger partial charge in [0, 0.05) is 0 Å². The van der Waals surface area contributed by atoms with E-state index < -0.39 is 15.9 Å². The summed E-state index contributed by atoms with van der Waals surface area (Å²) in [4.78, 5) is 15.9. The van der Waals surface area contributed by atoms with Gasteiger partial charge in [0.1, 0.15) is 10.5 Å². The largest absolute Gasteiger partial charge is 0.349 e.